The molecule has 1 atom stereocenters. The molecule has 0 aliphatic carbocycles. The molecule has 3 N–H and O–H groups in total. The van der Waals surface area contributed by atoms with E-state index in [1.54, 1.807) is 19.1 Å². The molecule has 0 spiro atoms. The van der Waals surface area contributed by atoms with Gasteiger partial charge in [0.2, 0.25) is 5.91 Å². The van der Waals surface area contributed by atoms with E-state index < -0.39 is 29.6 Å². The van der Waals surface area contributed by atoms with Gasteiger partial charge >= 0.3 is 6.18 Å². The summed E-state index contributed by atoms with van der Waals surface area (Å²) < 4.78 is 50.4. The van der Waals surface area contributed by atoms with E-state index in [-0.39, 0.29) is 23.5 Å². The number of carbonyl (C=O) groups excluding carboxylic acids is 2. The van der Waals surface area contributed by atoms with Gasteiger partial charge in [0.25, 0.3) is 5.91 Å². The Balaban J connectivity index is 1.68. The van der Waals surface area contributed by atoms with Crippen LogP contribution in [0.4, 0.5) is 24.5 Å². The summed E-state index contributed by atoms with van der Waals surface area (Å²) in [5, 5.41) is 7.48. The van der Waals surface area contributed by atoms with E-state index >= 15 is 0 Å². The summed E-state index contributed by atoms with van der Waals surface area (Å²) in [5.41, 5.74) is -1.17. The number of benzene rings is 1. The van der Waals surface area contributed by atoms with E-state index in [0.29, 0.717) is 5.76 Å². The monoisotopic (exact) mass is 421 g/mol. The first-order valence-corrected chi connectivity index (χ1v) is 8.85. The van der Waals surface area contributed by atoms with Crippen molar-refractivity contribution in [2.45, 2.75) is 19.1 Å². The number of carbonyl (C=O) groups is 2. The second kappa shape index (κ2) is 8.76. The van der Waals surface area contributed by atoms with Gasteiger partial charge in [-0.3, -0.25) is 9.59 Å². The van der Waals surface area contributed by atoms with Gasteiger partial charge in [0.05, 0.1) is 36.2 Å². The van der Waals surface area contributed by atoms with Crippen molar-refractivity contribution in [2.24, 2.45) is 0 Å². The Morgan fingerprint density at radius 2 is 1.93 bits per heavy atom. The number of hydrogen-bond acceptors (Lipinski definition) is 5. The topological polar surface area (TPSA) is 96.5 Å². The van der Waals surface area contributed by atoms with E-state index in [4.69, 9.17) is 8.83 Å². The highest BCUT2D eigenvalue weighted by atomic mass is 19.4. The molecular formula is C20H18F3N3O4. The van der Waals surface area contributed by atoms with Crippen LogP contribution >= 0.6 is 0 Å². The number of amides is 2. The number of hydrogen-bond donors (Lipinski definition) is 3. The largest absolute Gasteiger partial charge is 0.472 e. The summed E-state index contributed by atoms with van der Waals surface area (Å²) in [4.78, 5) is 24.1. The highest BCUT2D eigenvalue weighted by molar-refractivity contribution is 6.04. The third-order valence-corrected chi connectivity index (χ3v) is 4.15. The third kappa shape index (κ3) is 5.22. The number of halogens is 3. The zero-order valence-corrected chi connectivity index (χ0v) is 15.7. The van der Waals surface area contributed by atoms with Crippen LogP contribution in [0.25, 0.3) is 0 Å². The van der Waals surface area contributed by atoms with Crippen molar-refractivity contribution >= 4 is 23.2 Å². The van der Waals surface area contributed by atoms with E-state index in [9.17, 15) is 22.8 Å². The smallest absolute Gasteiger partial charge is 0.418 e. The second-order valence-electron chi connectivity index (χ2n) is 6.38. The molecule has 30 heavy (non-hydrogen) atoms. The summed E-state index contributed by atoms with van der Waals surface area (Å²) in [5.74, 6) is -0.592. The molecule has 0 bridgehead atoms. The summed E-state index contributed by atoms with van der Waals surface area (Å²) >= 11 is 0. The average molecular weight is 421 g/mol. The molecular weight excluding hydrogens is 403 g/mol. The van der Waals surface area contributed by atoms with Crippen molar-refractivity contribution in [1.82, 2.24) is 5.32 Å². The van der Waals surface area contributed by atoms with Gasteiger partial charge in [-0.15, -0.1) is 0 Å². The fraction of sp³-hybridized carbons (Fsp3) is 0.200. The highest BCUT2D eigenvalue weighted by Gasteiger charge is 2.34. The maximum absolute atomic E-state index is 13.5. The summed E-state index contributed by atoms with van der Waals surface area (Å²) in [6.45, 7) is 1.31. The lowest BCUT2D eigenvalue weighted by atomic mass is 10.1. The molecule has 0 saturated heterocycles. The SMILES string of the molecule is CC(NC(=O)CNc1ccc(NC(=O)c2ccoc2)cc1C(F)(F)F)c1ccco1. The Morgan fingerprint density at radius 1 is 1.13 bits per heavy atom. The van der Waals surface area contributed by atoms with Gasteiger partial charge in [0, 0.05) is 11.4 Å². The molecule has 2 aromatic heterocycles. The first kappa shape index (κ1) is 21.0. The van der Waals surface area contributed by atoms with Gasteiger partial charge in [-0.25, -0.2) is 0 Å². The van der Waals surface area contributed by atoms with Crippen molar-refractivity contribution < 1.29 is 31.6 Å². The lowest BCUT2D eigenvalue weighted by Crippen LogP contribution is -2.32. The molecule has 7 nitrogen and oxygen atoms in total. The molecule has 1 unspecified atom stereocenters. The first-order chi connectivity index (χ1) is 14.2. The number of alkyl halides is 3. The zero-order valence-electron chi connectivity index (χ0n) is 15.7. The zero-order chi connectivity index (χ0) is 21.7. The number of nitrogens with one attached hydrogen (secondary N) is 3. The van der Waals surface area contributed by atoms with Crippen LogP contribution in [-0.4, -0.2) is 18.4 Å². The first-order valence-electron chi connectivity index (χ1n) is 8.85. The number of rotatable bonds is 7. The van der Waals surface area contributed by atoms with Crippen LogP contribution in [0.5, 0.6) is 0 Å². The van der Waals surface area contributed by atoms with Gasteiger partial charge < -0.3 is 24.8 Å². The maximum atomic E-state index is 13.5. The predicted molar refractivity (Wildman–Crippen MR) is 102 cm³/mol. The minimum absolute atomic E-state index is 0.0463. The molecule has 158 valence electrons. The number of anilines is 2. The van der Waals surface area contributed by atoms with Crippen molar-refractivity contribution in [3.05, 3.63) is 72.1 Å². The van der Waals surface area contributed by atoms with Crippen molar-refractivity contribution in [1.29, 1.82) is 0 Å². The molecule has 2 amide bonds. The van der Waals surface area contributed by atoms with Crippen LogP contribution in [0, 0.1) is 0 Å². The molecule has 10 heteroatoms. The molecule has 0 radical (unpaired) electrons. The molecule has 0 aliphatic heterocycles. The normalized spacial score (nSPS) is 12.3. The quantitative estimate of drug-likeness (QED) is 0.524. The fourth-order valence-electron chi connectivity index (χ4n) is 2.68. The lowest BCUT2D eigenvalue weighted by molar-refractivity contribution is -0.137. The minimum atomic E-state index is -4.70. The highest BCUT2D eigenvalue weighted by Crippen LogP contribution is 2.36. The Morgan fingerprint density at radius 3 is 2.57 bits per heavy atom. The molecule has 0 saturated carbocycles. The van der Waals surface area contributed by atoms with Gasteiger partial charge in [0.15, 0.2) is 0 Å². The third-order valence-electron chi connectivity index (χ3n) is 4.15. The van der Waals surface area contributed by atoms with Crippen molar-refractivity contribution in [3.8, 4) is 0 Å². The van der Waals surface area contributed by atoms with E-state index in [1.807, 2.05) is 0 Å². The second-order valence-corrected chi connectivity index (χ2v) is 6.38. The van der Waals surface area contributed by atoms with Gasteiger partial charge in [-0.2, -0.15) is 13.2 Å². The summed E-state index contributed by atoms with van der Waals surface area (Å²) in [6, 6.07) is 7.55. The van der Waals surface area contributed by atoms with E-state index in [2.05, 4.69) is 16.0 Å². The fourth-order valence-corrected chi connectivity index (χ4v) is 2.68. The standard InChI is InChI=1S/C20H18F3N3O4/c1-12(17-3-2-7-30-17)25-18(27)10-24-16-5-4-14(9-15(16)20(21,22)23)26-19(28)13-6-8-29-11-13/h2-9,11-12,24H,10H2,1H3,(H,25,27)(H,26,28). The van der Waals surface area contributed by atoms with Crippen molar-refractivity contribution in [2.75, 3.05) is 17.2 Å². The van der Waals surface area contributed by atoms with E-state index in [0.717, 1.165) is 12.1 Å². The van der Waals surface area contributed by atoms with Gasteiger partial charge in [0.1, 0.15) is 12.0 Å². The summed E-state index contributed by atoms with van der Waals surface area (Å²) in [7, 11) is 0. The Bertz CT molecular complexity index is 999. The summed E-state index contributed by atoms with van der Waals surface area (Å²) in [6.07, 6.45) is -0.783. The van der Waals surface area contributed by atoms with Crippen molar-refractivity contribution in [3.63, 3.8) is 0 Å². The van der Waals surface area contributed by atoms with Crippen LogP contribution in [0.3, 0.4) is 0 Å². The molecule has 2 heterocycles. The Hall–Kier alpha value is -3.69. The lowest BCUT2D eigenvalue weighted by Gasteiger charge is -2.17. The van der Waals surface area contributed by atoms with E-state index in [1.165, 1.54) is 30.9 Å². The molecule has 0 fully saturated rings. The minimum Gasteiger partial charge on any atom is -0.472 e. The predicted octanol–water partition coefficient (Wildman–Crippen LogP) is 4.43. The molecule has 0 aliphatic rings. The Kier molecular flexibility index (Phi) is 6.14. The van der Waals surface area contributed by atoms with Crippen LogP contribution < -0.4 is 16.0 Å². The van der Waals surface area contributed by atoms with Crippen LogP contribution in [0.2, 0.25) is 0 Å². The van der Waals surface area contributed by atoms with Crippen LogP contribution in [-0.2, 0) is 11.0 Å². The number of furan rings is 2. The van der Waals surface area contributed by atoms with Crippen LogP contribution in [0.15, 0.2) is 64.0 Å². The van der Waals surface area contributed by atoms with Crippen LogP contribution in [0.1, 0.15) is 34.6 Å². The van der Waals surface area contributed by atoms with Gasteiger partial charge in [-0.05, 0) is 43.3 Å². The maximum Gasteiger partial charge on any atom is 0.418 e. The average Bonchev–Trinajstić information content (AvgIpc) is 3.40. The molecule has 3 rings (SSSR count). The molecule has 3 aromatic rings. The Labute approximate surface area is 169 Å². The molecule has 1 aromatic carbocycles. The van der Waals surface area contributed by atoms with Gasteiger partial charge in [-0.1, -0.05) is 0 Å².